The van der Waals surface area contributed by atoms with Crippen molar-refractivity contribution in [2.45, 2.75) is 38.6 Å². The van der Waals surface area contributed by atoms with Crippen LogP contribution in [0.15, 0.2) is 24.3 Å². The number of benzene rings is 1. The first-order chi connectivity index (χ1) is 11.7. The topological polar surface area (TPSA) is 53.0 Å². The van der Waals surface area contributed by atoms with Crippen molar-refractivity contribution < 1.29 is 14.6 Å². The Morgan fingerprint density at radius 2 is 2.08 bits per heavy atom. The van der Waals surface area contributed by atoms with E-state index in [2.05, 4.69) is 11.8 Å². The Hall–Kier alpha value is -1.59. The highest BCUT2D eigenvalue weighted by molar-refractivity contribution is 5.95. The van der Waals surface area contributed by atoms with Crippen molar-refractivity contribution in [3.63, 3.8) is 0 Å². The van der Waals surface area contributed by atoms with Crippen LogP contribution in [0.2, 0.25) is 0 Å². The predicted octanol–water partition coefficient (Wildman–Crippen LogP) is 2.29. The lowest BCUT2D eigenvalue weighted by atomic mass is 10.1. The number of rotatable bonds is 7. The number of likely N-dealkylation sites (tertiary alicyclic amines) is 1. The minimum absolute atomic E-state index is 0.0569. The number of carbonyl (C=O) groups is 1. The smallest absolute Gasteiger partial charge is 0.227 e. The zero-order chi connectivity index (χ0) is 16.9. The highest BCUT2D eigenvalue weighted by Gasteiger charge is 2.29. The molecule has 0 saturated carbocycles. The molecule has 24 heavy (non-hydrogen) atoms. The van der Waals surface area contributed by atoms with Gasteiger partial charge in [0.05, 0.1) is 6.61 Å². The fourth-order valence-corrected chi connectivity index (χ4v) is 3.66. The molecule has 0 bridgehead atoms. The third-order valence-electron chi connectivity index (χ3n) is 5.16. The molecular weight excluding hydrogens is 304 g/mol. The van der Waals surface area contributed by atoms with Gasteiger partial charge in [-0.3, -0.25) is 4.79 Å². The van der Waals surface area contributed by atoms with Crippen molar-refractivity contribution in [3.05, 3.63) is 24.3 Å². The molecule has 1 aromatic carbocycles. The van der Waals surface area contributed by atoms with Crippen LogP contribution in [0.5, 0.6) is 5.75 Å². The fourth-order valence-electron chi connectivity index (χ4n) is 3.66. The van der Waals surface area contributed by atoms with Crippen LogP contribution in [0.3, 0.4) is 0 Å². The van der Waals surface area contributed by atoms with Gasteiger partial charge in [-0.2, -0.15) is 0 Å². The van der Waals surface area contributed by atoms with Crippen molar-refractivity contribution in [2.75, 3.05) is 37.7 Å². The third-order valence-corrected chi connectivity index (χ3v) is 5.16. The molecule has 2 aliphatic heterocycles. The number of hydrogen-bond acceptors (Lipinski definition) is 4. The van der Waals surface area contributed by atoms with Crippen LogP contribution in [0.25, 0.3) is 0 Å². The minimum Gasteiger partial charge on any atom is -0.494 e. The lowest BCUT2D eigenvalue weighted by Gasteiger charge is -2.20. The molecule has 3 rings (SSSR count). The molecule has 5 heteroatoms. The number of hydrogen-bond donors (Lipinski definition) is 1. The van der Waals surface area contributed by atoms with Crippen LogP contribution < -0.4 is 9.64 Å². The van der Waals surface area contributed by atoms with Gasteiger partial charge in [0.2, 0.25) is 5.91 Å². The summed E-state index contributed by atoms with van der Waals surface area (Å²) in [4.78, 5) is 16.3. The van der Waals surface area contributed by atoms with Gasteiger partial charge in [-0.15, -0.1) is 0 Å². The number of aliphatic hydroxyl groups excluding tert-OH is 1. The molecule has 2 fully saturated rings. The maximum absolute atomic E-state index is 12.0. The lowest BCUT2D eigenvalue weighted by Crippen LogP contribution is -2.28. The Morgan fingerprint density at radius 1 is 1.29 bits per heavy atom. The van der Waals surface area contributed by atoms with E-state index in [-0.39, 0.29) is 18.4 Å². The molecule has 1 N–H and O–H groups in total. The number of aliphatic hydroxyl groups is 1. The molecule has 132 valence electrons. The van der Waals surface area contributed by atoms with Crippen molar-refractivity contribution in [1.82, 2.24) is 4.90 Å². The molecule has 2 unspecified atom stereocenters. The molecule has 0 spiro atoms. The van der Waals surface area contributed by atoms with E-state index in [1.54, 1.807) is 4.90 Å². The Bertz CT molecular complexity index is 546. The summed E-state index contributed by atoms with van der Waals surface area (Å²) < 4.78 is 5.82. The average molecular weight is 332 g/mol. The molecule has 0 aliphatic carbocycles. The van der Waals surface area contributed by atoms with E-state index in [1.165, 1.54) is 19.4 Å². The van der Waals surface area contributed by atoms with Crippen LogP contribution in [0.4, 0.5) is 5.69 Å². The van der Waals surface area contributed by atoms with Crippen LogP contribution >= 0.6 is 0 Å². The Balaban J connectivity index is 1.44. The quantitative estimate of drug-likeness (QED) is 0.779. The van der Waals surface area contributed by atoms with Gasteiger partial charge in [0, 0.05) is 43.8 Å². The summed E-state index contributed by atoms with van der Waals surface area (Å²) in [5.74, 6) is 0.988. The molecule has 1 aromatic rings. The van der Waals surface area contributed by atoms with E-state index in [0.717, 1.165) is 31.0 Å². The SMILES string of the molecule is CC1CCCN1CCCOc1ccc(N2CC(CO)CC2=O)cc1. The lowest BCUT2D eigenvalue weighted by molar-refractivity contribution is -0.117. The van der Waals surface area contributed by atoms with Crippen LogP contribution in [0, 0.1) is 5.92 Å². The molecule has 0 aromatic heterocycles. The van der Waals surface area contributed by atoms with Gasteiger partial charge in [-0.05, 0) is 57.0 Å². The van der Waals surface area contributed by atoms with Crippen LogP contribution in [0.1, 0.15) is 32.6 Å². The number of ether oxygens (including phenoxy) is 1. The number of amides is 1. The van der Waals surface area contributed by atoms with E-state index in [1.807, 2.05) is 24.3 Å². The summed E-state index contributed by atoms with van der Waals surface area (Å²) in [6, 6.07) is 8.41. The van der Waals surface area contributed by atoms with Crippen LogP contribution in [-0.2, 0) is 4.79 Å². The highest BCUT2D eigenvalue weighted by Crippen LogP contribution is 2.26. The summed E-state index contributed by atoms with van der Waals surface area (Å²) in [6.45, 7) is 6.01. The predicted molar refractivity (Wildman–Crippen MR) is 94.4 cm³/mol. The maximum atomic E-state index is 12.0. The second-order valence-corrected chi connectivity index (χ2v) is 6.98. The molecule has 5 nitrogen and oxygen atoms in total. The second kappa shape index (κ2) is 7.99. The number of nitrogens with zero attached hydrogens (tertiary/aromatic N) is 2. The zero-order valence-electron chi connectivity index (χ0n) is 14.5. The first-order valence-electron chi connectivity index (χ1n) is 9.05. The Kier molecular flexibility index (Phi) is 5.74. The van der Waals surface area contributed by atoms with Gasteiger partial charge in [0.25, 0.3) is 0 Å². The third kappa shape index (κ3) is 4.08. The number of carbonyl (C=O) groups excluding carboxylic acids is 1. The molecule has 2 heterocycles. The summed E-state index contributed by atoms with van der Waals surface area (Å²) in [7, 11) is 0. The average Bonchev–Trinajstić information content (AvgIpc) is 3.18. The number of anilines is 1. The molecule has 1 amide bonds. The molecule has 0 radical (unpaired) electrons. The molecule has 2 atom stereocenters. The Labute approximate surface area is 144 Å². The standard InChI is InChI=1S/C19H28N2O3/c1-15-4-2-9-20(15)10-3-11-24-18-7-5-17(6-8-18)21-13-16(14-22)12-19(21)23/h5-8,15-16,22H,2-4,9-14H2,1H3. The maximum Gasteiger partial charge on any atom is 0.227 e. The van der Waals surface area contributed by atoms with Crippen molar-refractivity contribution >= 4 is 11.6 Å². The molecular formula is C19H28N2O3. The van der Waals surface area contributed by atoms with E-state index in [9.17, 15) is 9.90 Å². The van der Waals surface area contributed by atoms with Gasteiger partial charge in [0.1, 0.15) is 5.75 Å². The van der Waals surface area contributed by atoms with E-state index in [0.29, 0.717) is 19.0 Å². The van der Waals surface area contributed by atoms with Crippen molar-refractivity contribution in [2.24, 2.45) is 5.92 Å². The van der Waals surface area contributed by atoms with E-state index >= 15 is 0 Å². The van der Waals surface area contributed by atoms with Gasteiger partial charge < -0.3 is 19.6 Å². The van der Waals surface area contributed by atoms with Gasteiger partial charge in [0.15, 0.2) is 0 Å². The fraction of sp³-hybridized carbons (Fsp3) is 0.632. The first kappa shape index (κ1) is 17.2. The van der Waals surface area contributed by atoms with E-state index < -0.39 is 0 Å². The molecule has 2 saturated heterocycles. The summed E-state index contributed by atoms with van der Waals surface area (Å²) >= 11 is 0. The Morgan fingerprint density at radius 3 is 2.71 bits per heavy atom. The van der Waals surface area contributed by atoms with Gasteiger partial charge >= 0.3 is 0 Å². The van der Waals surface area contributed by atoms with Gasteiger partial charge in [-0.1, -0.05) is 0 Å². The summed E-state index contributed by atoms with van der Waals surface area (Å²) in [5, 5.41) is 9.21. The first-order valence-corrected chi connectivity index (χ1v) is 9.05. The monoisotopic (exact) mass is 332 g/mol. The van der Waals surface area contributed by atoms with Crippen LogP contribution in [-0.4, -0.2) is 54.8 Å². The van der Waals surface area contributed by atoms with Crippen molar-refractivity contribution in [1.29, 1.82) is 0 Å². The largest absolute Gasteiger partial charge is 0.494 e. The minimum atomic E-state index is 0.0569. The molecule has 2 aliphatic rings. The van der Waals surface area contributed by atoms with Gasteiger partial charge in [-0.25, -0.2) is 0 Å². The van der Waals surface area contributed by atoms with E-state index in [4.69, 9.17) is 4.74 Å². The summed E-state index contributed by atoms with van der Waals surface area (Å²) in [6.07, 6.45) is 4.10. The zero-order valence-corrected chi connectivity index (χ0v) is 14.5. The second-order valence-electron chi connectivity index (χ2n) is 6.98. The normalized spacial score (nSPS) is 24.8. The summed E-state index contributed by atoms with van der Waals surface area (Å²) in [5.41, 5.74) is 0.884. The van der Waals surface area contributed by atoms with Crippen molar-refractivity contribution in [3.8, 4) is 5.75 Å². The highest BCUT2D eigenvalue weighted by atomic mass is 16.5.